The first-order chi connectivity index (χ1) is 47.6. The van der Waals surface area contributed by atoms with E-state index >= 15 is 0 Å². The van der Waals surface area contributed by atoms with E-state index in [1.54, 1.807) is 107 Å². The van der Waals surface area contributed by atoms with Crippen molar-refractivity contribution in [1.29, 1.82) is 0 Å². The molecule has 8 rings (SSSR count). The molecule has 0 saturated heterocycles. The van der Waals surface area contributed by atoms with Gasteiger partial charge in [0.1, 0.15) is 0 Å². The van der Waals surface area contributed by atoms with E-state index in [1.165, 1.54) is 42.7 Å². The molecule has 20 heteroatoms. The van der Waals surface area contributed by atoms with Gasteiger partial charge in [-0.25, -0.2) is 9.59 Å². The van der Waals surface area contributed by atoms with Crippen molar-refractivity contribution in [1.82, 2.24) is 0 Å². The van der Waals surface area contributed by atoms with Gasteiger partial charge in [0.2, 0.25) is 0 Å². The topological polar surface area (TPSA) is 200 Å². The molecule has 0 bridgehead atoms. The third kappa shape index (κ3) is 15.3. The highest BCUT2D eigenvalue weighted by Gasteiger charge is 2.32. The van der Waals surface area contributed by atoms with E-state index in [9.17, 15) is 9.59 Å². The Morgan fingerprint density at radius 1 is 0.204 bits per heavy atom. The summed E-state index contributed by atoms with van der Waals surface area (Å²) in [5, 5.41) is 0. The Kier molecular flexibility index (Phi) is 25.8. The fraction of sp³-hybridized carbons (Fsp3) is 0.359. The third-order valence-corrected chi connectivity index (χ3v) is 17.1. The van der Waals surface area contributed by atoms with Crippen molar-refractivity contribution in [2.24, 2.45) is 0 Å². The fourth-order valence-electron chi connectivity index (χ4n) is 12.0. The Balaban J connectivity index is 1.55. The third-order valence-electron chi connectivity index (χ3n) is 17.1. The average molecular weight is 1350 g/mol. The maximum absolute atomic E-state index is 14.7. The molecule has 0 N–H and O–H groups in total. The molecule has 0 unspecified atom stereocenters. The minimum absolute atomic E-state index is 0.193. The summed E-state index contributed by atoms with van der Waals surface area (Å²) in [7, 11) is 24.7. The van der Waals surface area contributed by atoms with Gasteiger partial charge < -0.3 is 85.3 Å². The van der Waals surface area contributed by atoms with Gasteiger partial charge in [-0.3, -0.25) is 0 Å². The Bertz CT molecular complexity index is 3850. The molecule has 0 aliphatic rings. The predicted octanol–water partition coefficient (Wildman–Crippen LogP) is 17.0. The number of carbonyl (C=O) groups excluding carboxylic acids is 2. The monoisotopic (exact) mass is 1350 g/mol. The van der Waals surface area contributed by atoms with Crippen LogP contribution in [0.2, 0.25) is 0 Å². The van der Waals surface area contributed by atoms with Gasteiger partial charge in [0.25, 0.3) is 0 Å². The molecule has 0 aliphatic carbocycles. The molecule has 0 aromatic heterocycles. The Morgan fingerprint density at radius 3 is 0.500 bits per heavy atom. The fourth-order valence-corrected chi connectivity index (χ4v) is 12.0. The summed E-state index contributed by atoms with van der Waals surface area (Å²) in [4.78, 5) is 29.4. The molecular weight excluding hydrogens is 1260 g/mol. The molecule has 522 valence electrons. The lowest BCUT2D eigenvalue weighted by atomic mass is 9.82. The number of methoxy groups -OCH3 is 16. The Hall–Kier alpha value is -10.5. The van der Waals surface area contributed by atoms with Crippen molar-refractivity contribution >= 4 is 11.9 Å². The molecule has 8 aromatic rings. The number of benzene rings is 8. The van der Waals surface area contributed by atoms with Crippen LogP contribution in [-0.4, -0.2) is 139 Å². The van der Waals surface area contributed by atoms with Crippen LogP contribution in [0.1, 0.15) is 85.9 Å². The van der Waals surface area contributed by atoms with Gasteiger partial charge in [-0.1, -0.05) is 52.4 Å². The van der Waals surface area contributed by atoms with Gasteiger partial charge in [-0.2, -0.15) is 0 Å². The van der Waals surface area contributed by atoms with Gasteiger partial charge in [0.15, 0.2) is 92.0 Å². The predicted molar refractivity (Wildman–Crippen MR) is 378 cm³/mol. The van der Waals surface area contributed by atoms with Crippen LogP contribution in [-0.2, 0) is 9.47 Å². The summed E-state index contributed by atoms with van der Waals surface area (Å²) >= 11 is 0. The van der Waals surface area contributed by atoms with Gasteiger partial charge in [-0.15, -0.1) is 0 Å². The second-order valence-corrected chi connectivity index (χ2v) is 22.4. The first-order valence-electron chi connectivity index (χ1n) is 32.1. The SMILES string of the molecule is CCCCCCOC(=O)c1cc(OC)c(OC)cc1-c1cc(OC)c(OC)cc1-c1cc(OC)c(OC)cc1-c1cc(OC)c(OC)cc1-c1cc(OC)c(OC)cc1-c1cc(OC)c(OC)cc1-c1cc(OC)c(OC)cc1-c1cc(OC)c(OC)cc1C(=O)OCCCCCC. The number of hydrogen-bond donors (Lipinski definition) is 0. The van der Waals surface area contributed by atoms with E-state index in [-0.39, 0.29) is 24.3 Å². The standard InChI is InChI=1S/C78H90O20/c1-19-21-23-25-27-97-77(79)59-43-75(95-17)73(93-15)41-57(59)55-39-71(91-13)69(89-11)37-53(55)51-35-67(87-9)65(85-7)33-49(51)47-31-63(83-5)61(81-3)29-45(47)46-30-62(82-4)64(84-6)32-48(46)50-34-66(86-8)68(88-10)36-52(50)54-38-70(90-12)72(92-14)40-56(54)58-42-74(94-16)76(96-18)44-60(58)78(80)98-28-26-24-22-20-2/h29-44H,19-28H2,1-18H3. The summed E-state index contributed by atoms with van der Waals surface area (Å²) in [6, 6.07) is 29.0. The molecule has 0 fully saturated rings. The first-order valence-corrected chi connectivity index (χ1v) is 32.1. The summed E-state index contributed by atoms with van der Waals surface area (Å²) in [6.07, 6.45) is 7.15. The number of esters is 2. The Morgan fingerprint density at radius 2 is 0.347 bits per heavy atom. The highest BCUT2D eigenvalue weighted by molar-refractivity contribution is 6.08. The van der Waals surface area contributed by atoms with Gasteiger partial charge in [-0.05, 0) is 177 Å². The second-order valence-electron chi connectivity index (χ2n) is 22.4. The van der Waals surface area contributed by atoms with Gasteiger partial charge in [0.05, 0.1) is 138 Å². The molecule has 0 radical (unpaired) electrons. The molecule has 0 amide bonds. The lowest BCUT2D eigenvalue weighted by Crippen LogP contribution is -2.10. The molecule has 98 heavy (non-hydrogen) atoms. The molecule has 0 saturated carbocycles. The zero-order valence-electron chi connectivity index (χ0n) is 59.5. The van der Waals surface area contributed by atoms with Crippen molar-refractivity contribution in [3.63, 3.8) is 0 Å². The lowest BCUT2D eigenvalue weighted by molar-refractivity contribution is 0.0489. The highest BCUT2D eigenvalue weighted by Crippen LogP contribution is 2.56. The van der Waals surface area contributed by atoms with E-state index < -0.39 is 11.9 Å². The van der Waals surface area contributed by atoms with Crippen LogP contribution in [0.4, 0.5) is 0 Å². The van der Waals surface area contributed by atoms with Crippen LogP contribution in [0.3, 0.4) is 0 Å². The number of hydrogen-bond acceptors (Lipinski definition) is 20. The maximum Gasteiger partial charge on any atom is 0.338 e. The molecule has 0 aliphatic heterocycles. The largest absolute Gasteiger partial charge is 0.493 e. The van der Waals surface area contributed by atoms with E-state index in [2.05, 4.69) is 13.8 Å². The number of rotatable bonds is 35. The quantitative estimate of drug-likeness (QED) is 0.0268. The number of ether oxygens (including phenoxy) is 18. The molecule has 8 aromatic carbocycles. The van der Waals surface area contributed by atoms with Crippen molar-refractivity contribution in [2.75, 3.05) is 127 Å². The minimum atomic E-state index is -0.580. The smallest absolute Gasteiger partial charge is 0.338 e. The molecule has 0 spiro atoms. The van der Waals surface area contributed by atoms with Crippen molar-refractivity contribution in [3.05, 3.63) is 108 Å². The summed E-state index contributed by atoms with van der Waals surface area (Å²) in [6.45, 7) is 4.63. The van der Waals surface area contributed by atoms with Crippen LogP contribution in [0.25, 0.3) is 77.9 Å². The van der Waals surface area contributed by atoms with Crippen LogP contribution >= 0.6 is 0 Å². The number of unbranched alkanes of at least 4 members (excludes halogenated alkanes) is 6. The zero-order chi connectivity index (χ0) is 70.7. The van der Waals surface area contributed by atoms with Crippen LogP contribution in [0.5, 0.6) is 92.0 Å². The van der Waals surface area contributed by atoms with E-state index in [4.69, 9.17) is 85.3 Å². The lowest BCUT2D eigenvalue weighted by Gasteiger charge is -2.25. The summed E-state index contributed by atoms with van der Waals surface area (Å²) < 4.78 is 110. The second kappa shape index (κ2) is 34.4. The molecule has 0 atom stereocenters. The zero-order valence-corrected chi connectivity index (χ0v) is 59.5. The van der Waals surface area contributed by atoms with Crippen molar-refractivity contribution in [2.45, 2.75) is 65.2 Å². The van der Waals surface area contributed by atoms with Crippen molar-refractivity contribution < 1.29 is 94.9 Å². The van der Waals surface area contributed by atoms with Gasteiger partial charge in [0, 0.05) is 11.1 Å². The maximum atomic E-state index is 14.7. The highest BCUT2D eigenvalue weighted by atomic mass is 16.6. The van der Waals surface area contributed by atoms with E-state index in [0.29, 0.717) is 183 Å². The van der Waals surface area contributed by atoms with Crippen LogP contribution < -0.4 is 75.8 Å². The molecule has 20 nitrogen and oxygen atoms in total. The van der Waals surface area contributed by atoms with E-state index in [0.717, 1.165) is 38.5 Å². The number of carbonyl (C=O) groups is 2. The minimum Gasteiger partial charge on any atom is -0.493 e. The van der Waals surface area contributed by atoms with Gasteiger partial charge >= 0.3 is 11.9 Å². The summed E-state index contributed by atoms with van der Waals surface area (Å²) in [5.74, 6) is 4.43. The van der Waals surface area contributed by atoms with Crippen molar-refractivity contribution in [3.8, 4) is 170 Å². The summed E-state index contributed by atoms with van der Waals surface area (Å²) in [5.41, 5.74) is 7.75. The van der Waals surface area contributed by atoms with Crippen LogP contribution in [0.15, 0.2) is 97.1 Å². The average Bonchev–Trinajstić information content (AvgIpc) is 0.742. The Labute approximate surface area is 574 Å². The first kappa shape index (κ1) is 73.3. The normalized spacial score (nSPS) is 10.8. The molecular formula is C78H90O20. The van der Waals surface area contributed by atoms with E-state index in [1.807, 2.05) is 60.7 Å². The molecule has 0 heterocycles. The van der Waals surface area contributed by atoms with Crippen LogP contribution in [0, 0.1) is 0 Å².